The molecule has 1 aromatic carbocycles. The summed E-state index contributed by atoms with van der Waals surface area (Å²) in [4.78, 5) is 15.9. The third-order valence-electron chi connectivity index (χ3n) is 3.31. The van der Waals surface area contributed by atoms with Crippen molar-refractivity contribution < 1.29 is 23.2 Å². The Kier molecular flexibility index (Phi) is 8.28. The highest BCUT2D eigenvalue weighted by Gasteiger charge is 2.26. The van der Waals surface area contributed by atoms with Crippen LogP contribution in [0.2, 0.25) is 0 Å². The number of sulfonamides is 1. The summed E-state index contributed by atoms with van der Waals surface area (Å²) in [5, 5.41) is 9.54. The first-order valence-electron chi connectivity index (χ1n) is 8.21. The van der Waals surface area contributed by atoms with Gasteiger partial charge in [-0.25, -0.2) is 18.9 Å². The smallest absolute Gasteiger partial charge is 0.262 e. The highest BCUT2D eigenvalue weighted by atomic mass is 32.2. The van der Waals surface area contributed by atoms with Gasteiger partial charge in [-0.1, -0.05) is 18.9 Å². The maximum Gasteiger partial charge on any atom is 0.262 e. The molecule has 0 saturated heterocycles. The van der Waals surface area contributed by atoms with E-state index in [0.717, 1.165) is 0 Å². The summed E-state index contributed by atoms with van der Waals surface area (Å²) in [6, 6.07) is 9.64. The molecule has 0 bridgehead atoms. The monoisotopic (exact) mass is 421 g/mol. The van der Waals surface area contributed by atoms with E-state index in [4.69, 9.17) is 9.94 Å². The van der Waals surface area contributed by atoms with Crippen molar-refractivity contribution in [1.82, 2.24) is 15.2 Å². The molecule has 0 aliphatic rings. The maximum atomic E-state index is 12.6. The number of nitrogens with zero attached hydrogens (tertiary/aromatic N) is 1. The zero-order valence-corrected chi connectivity index (χ0v) is 16.6. The number of nitrogens with one attached hydrogen (secondary N) is 2. The van der Waals surface area contributed by atoms with Crippen LogP contribution in [-0.4, -0.2) is 36.3 Å². The van der Waals surface area contributed by atoms with Gasteiger partial charge < -0.3 is 4.74 Å². The summed E-state index contributed by atoms with van der Waals surface area (Å²) in [5.74, 6) is 2.30. The molecule has 2 rings (SSSR count). The molecule has 0 saturated carbocycles. The number of thioether (sulfide) groups is 1. The van der Waals surface area contributed by atoms with Crippen molar-refractivity contribution in [2.75, 3.05) is 5.75 Å². The number of hydrogen-bond acceptors (Lipinski definition) is 7. The topological polar surface area (TPSA) is 118 Å². The van der Waals surface area contributed by atoms with Crippen LogP contribution in [0.3, 0.4) is 0 Å². The molecule has 8 nitrogen and oxygen atoms in total. The Labute approximate surface area is 167 Å². The molecule has 148 valence electrons. The van der Waals surface area contributed by atoms with Crippen LogP contribution in [0.25, 0.3) is 0 Å². The van der Waals surface area contributed by atoms with Gasteiger partial charge in [0.25, 0.3) is 5.91 Å². The Morgan fingerprint density at radius 3 is 2.64 bits per heavy atom. The van der Waals surface area contributed by atoms with E-state index in [-0.39, 0.29) is 10.6 Å². The standard InChI is InChI=1S/C18H19N3O5S2/c1-2-3-12-26-14-7-9-15(10-8-14)28(24,25)21-16(18(22)20-23)13-27-17-6-4-5-11-19-17/h4-11,16,21,23H,2,13H2,1H3,(H,20,22). The minimum atomic E-state index is -4.01. The van der Waals surface area contributed by atoms with E-state index in [2.05, 4.69) is 21.7 Å². The second-order valence-corrected chi connectivity index (χ2v) is 8.09. The lowest BCUT2D eigenvalue weighted by Crippen LogP contribution is -2.47. The molecule has 0 fully saturated rings. The molecule has 1 unspecified atom stereocenters. The fourth-order valence-corrected chi connectivity index (χ4v) is 4.13. The van der Waals surface area contributed by atoms with Crippen LogP contribution < -0.4 is 14.9 Å². The summed E-state index contributed by atoms with van der Waals surface area (Å²) >= 11 is 1.18. The normalized spacial score (nSPS) is 11.8. The van der Waals surface area contributed by atoms with Gasteiger partial charge in [0, 0.05) is 18.4 Å². The molecule has 1 aromatic heterocycles. The van der Waals surface area contributed by atoms with Crippen LogP contribution in [0, 0.1) is 12.0 Å². The van der Waals surface area contributed by atoms with Crippen molar-refractivity contribution in [3.05, 3.63) is 48.7 Å². The second-order valence-electron chi connectivity index (χ2n) is 5.33. The van der Waals surface area contributed by atoms with E-state index in [1.165, 1.54) is 41.5 Å². The molecule has 0 spiro atoms. The number of carbonyl (C=O) groups is 1. The van der Waals surface area contributed by atoms with Crippen LogP contribution in [0.15, 0.2) is 58.6 Å². The summed E-state index contributed by atoms with van der Waals surface area (Å²) in [5.41, 5.74) is 1.48. The summed E-state index contributed by atoms with van der Waals surface area (Å²) < 4.78 is 32.6. The van der Waals surface area contributed by atoms with Crippen molar-refractivity contribution in [3.8, 4) is 17.8 Å². The van der Waals surface area contributed by atoms with E-state index in [1.54, 1.807) is 24.4 Å². The Morgan fingerprint density at radius 1 is 1.29 bits per heavy atom. The molecule has 0 aliphatic carbocycles. The lowest BCUT2D eigenvalue weighted by Gasteiger charge is -2.16. The molecule has 1 amide bonds. The molecule has 3 N–H and O–H groups in total. The molecule has 2 aromatic rings. The Hall–Kier alpha value is -2.58. The molecule has 1 heterocycles. The summed E-state index contributed by atoms with van der Waals surface area (Å²) in [6.45, 7) is 1.88. The van der Waals surface area contributed by atoms with Gasteiger partial charge in [0.2, 0.25) is 10.0 Å². The van der Waals surface area contributed by atoms with Gasteiger partial charge in [-0.2, -0.15) is 4.72 Å². The zero-order valence-electron chi connectivity index (χ0n) is 15.0. The average Bonchev–Trinajstić information content (AvgIpc) is 2.72. The number of hydroxylamine groups is 1. The summed E-state index contributed by atoms with van der Waals surface area (Å²) in [7, 11) is -4.01. The Bertz CT molecular complexity index is 939. The van der Waals surface area contributed by atoms with Crippen molar-refractivity contribution in [3.63, 3.8) is 0 Å². The van der Waals surface area contributed by atoms with Crippen molar-refractivity contribution >= 4 is 27.7 Å². The van der Waals surface area contributed by atoms with E-state index >= 15 is 0 Å². The Balaban J connectivity index is 2.09. The van der Waals surface area contributed by atoms with Crippen LogP contribution >= 0.6 is 11.8 Å². The predicted molar refractivity (Wildman–Crippen MR) is 104 cm³/mol. The van der Waals surface area contributed by atoms with Crippen LogP contribution in [-0.2, 0) is 14.8 Å². The molecular formula is C18H19N3O5S2. The zero-order chi connectivity index (χ0) is 20.4. The third kappa shape index (κ3) is 6.54. The third-order valence-corrected chi connectivity index (χ3v) is 5.84. The molecule has 1 atom stereocenters. The van der Waals surface area contributed by atoms with Crippen LogP contribution in [0.5, 0.6) is 5.75 Å². The summed E-state index contributed by atoms with van der Waals surface area (Å²) in [6.07, 6.45) is 4.72. The molecule has 10 heteroatoms. The highest BCUT2D eigenvalue weighted by Crippen LogP contribution is 2.19. The van der Waals surface area contributed by atoms with E-state index in [1.807, 2.05) is 6.92 Å². The quantitative estimate of drug-likeness (QED) is 0.257. The number of hydrogen-bond donors (Lipinski definition) is 3. The first-order valence-corrected chi connectivity index (χ1v) is 10.7. The van der Waals surface area contributed by atoms with Crippen LogP contribution in [0.1, 0.15) is 13.3 Å². The molecule has 28 heavy (non-hydrogen) atoms. The lowest BCUT2D eigenvalue weighted by atomic mass is 10.3. The number of pyridine rings is 1. The lowest BCUT2D eigenvalue weighted by molar-refractivity contribution is -0.130. The molecule has 0 aliphatic heterocycles. The maximum absolute atomic E-state index is 12.6. The van der Waals surface area contributed by atoms with Gasteiger partial charge in [-0.3, -0.25) is 10.0 Å². The number of rotatable bonds is 8. The van der Waals surface area contributed by atoms with Gasteiger partial charge >= 0.3 is 0 Å². The first kappa shape index (κ1) is 21.7. The molecule has 0 radical (unpaired) electrons. The minimum absolute atomic E-state index is 0.0381. The number of ether oxygens (including phenoxy) is 1. The minimum Gasteiger partial charge on any atom is -0.408 e. The highest BCUT2D eigenvalue weighted by molar-refractivity contribution is 7.99. The van der Waals surface area contributed by atoms with E-state index in [9.17, 15) is 13.2 Å². The fraction of sp³-hybridized carbons (Fsp3) is 0.222. The predicted octanol–water partition coefficient (Wildman–Crippen LogP) is 1.78. The Morgan fingerprint density at radius 2 is 2.04 bits per heavy atom. The molecular weight excluding hydrogens is 402 g/mol. The van der Waals surface area contributed by atoms with Gasteiger partial charge in [-0.05, 0) is 36.4 Å². The van der Waals surface area contributed by atoms with Crippen LogP contribution in [0.4, 0.5) is 0 Å². The largest absolute Gasteiger partial charge is 0.408 e. The number of amides is 1. The van der Waals surface area contributed by atoms with Gasteiger partial charge in [0.15, 0.2) is 0 Å². The van der Waals surface area contributed by atoms with E-state index in [0.29, 0.717) is 17.2 Å². The average molecular weight is 422 g/mol. The van der Waals surface area contributed by atoms with E-state index < -0.39 is 22.0 Å². The fourth-order valence-electron chi connectivity index (χ4n) is 1.95. The SMILES string of the molecule is CCC#COc1ccc(S(=O)(=O)NC(CSc2ccccn2)C(=O)NO)cc1. The number of aromatic nitrogens is 1. The van der Waals surface area contributed by atoms with Gasteiger partial charge in [0.05, 0.1) is 9.92 Å². The van der Waals surface area contributed by atoms with Gasteiger partial charge in [0.1, 0.15) is 17.9 Å². The number of benzene rings is 1. The first-order chi connectivity index (χ1) is 13.5. The second kappa shape index (κ2) is 10.7. The van der Waals surface area contributed by atoms with Crippen molar-refractivity contribution in [1.29, 1.82) is 0 Å². The van der Waals surface area contributed by atoms with Crippen molar-refractivity contribution in [2.45, 2.75) is 29.3 Å². The van der Waals surface area contributed by atoms with Gasteiger partial charge in [-0.15, -0.1) is 11.8 Å². The van der Waals surface area contributed by atoms with Crippen molar-refractivity contribution in [2.24, 2.45) is 0 Å². The number of carbonyl (C=O) groups excluding carboxylic acids is 1.